The van der Waals surface area contributed by atoms with Crippen LogP contribution in [0.1, 0.15) is 265 Å². The molecule has 0 rings (SSSR count). The molecular weight excluding hydrogens is 853 g/mol. The van der Waals surface area contributed by atoms with Crippen LogP contribution in [0.15, 0.2) is 97.2 Å². The summed E-state index contributed by atoms with van der Waals surface area (Å²) in [5.74, 6) is -0.921. The predicted octanol–water partition coefficient (Wildman–Crippen LogP) is 19.3. The molecule has 6 heteroatoms. The number of esters is 3. The number of hydrogen-bond acceptors (Lipinski definition) is 6. The van der Waals surface area contributed by atoms with Gasteiger partial charge in [-0.05, 0) is 57.8 Å². The average Bonchev–Trinajstić information content (AvgIpc) is 3.35. The second-order valence-corrected chi connectivity index (χ2v) is 19.0. The van der Waals surface area contributed by atoms with Crippen molar-refractivity contribution >= 4 is 17.9 Å². The number of carbonyl (C=O) groups excluding carboxylic acids is 3. The van der Waals surface area contributed by atoms with Gasteiger partial charge in [0.2, 0.25) is 0 Å². The van der Waals surface area contributed by atoms with Crippen LogP contribution in [-0.2, 0) is 28.6 Å². The normalized spacial score (nSPS) is 12.8. The van der Waals surface area contributed by atoms with Crippen LogP contribution in [0, 0.1) is 0 Å². The van der Waals surface area contributed by atoms with Gasteiger partial charge in [0.25, 0.3) is 0 Å². The maximum atomic E-state index is 12.9. The van der Waals surface area contributed by atoms with Crippen molar-refractivity contribution in [2.45, 2.75) is 271 Å². The maximum absolute atomic E-state index is 12.9. The summed E-state index contributed by atoms with van der Waals surface area (Å²) in [7, 11) is 0. The fourth-order valence-corrected chi connectivity index (χ4v) is 7.94. The highest BCUT2D eigenvalue weighted by Crippen LogP contribution is 2.16. The van der Waals surface area contributed by atoms with Crippen molar-refractivity contribution in [2.75, 3.05) is 13.2 Å². The Balaban J connectivity index is 4.44. The van der Waals surface area contributed by atoms with E-state index in [1.165, 1.54) is 128 Å². The lowest BCUT2D eigenvalue weighted by Gasteiger charge is -2.18. The highest BCUT2D eigenvalue weighted by atomic mass is 16.6. The summed E-state index contributed by atoms with van der Waals surface area (Å²) in [5.41, 5.74) is 0. The van der Waals surface area contributed by atoms with E-state index in [0.29, 0.717) is 19.3 Å². The highest BCUT2D eigenvalue weighted by molar-refractivity contribution is 5.71. The molecule has 0 bridgehead atoms. The monoisotopic (exact) mass is 959 g/mol. The molecule has 0 heterocycles. The molecule has 0 N–H and O–H groups in total. The van der Waals surface area contributed by atoms with Gasteiger partial charge in [0.1, 0.15) is 13.2 Å². The summed E-state index contributed by atoms with van der Waals surface area (Å²) in [5, 5.41) is 0. The number of hydrogen-bond donors (Lipinski definition) is 0. The van der Waals surface area contributed by atoms with Crippen molar-refractivity contribution in [3.05, 3.63) is 97.2 Å². The van der Waals surface area contributed by atoms with Crippen molar-refractivity contribution in [2.24, 2.45) is 0 Å². The minimum Gasteiger partial charge on any atom is -0.462 e. The molecule has 394 valence electrons. The molecule has 0 saturated heterocycles. The summed E-state index contributed by atoms with van der Waals surface area (Å²) in [6, 6.07) is 0. The number of ether oxygens (including phenoxy) is 3. The molecule has 0 aliphatic rings. The van der Waals surface area contributed by atoms with Crippen molar-refractivity contribution < 1.29 is 28.6 Å². The largest absolute Gasteiger partial charge is 0.462 e. The molecule has 0 aliphatic carbocycles. The van der Waals surface area contributed by atoms with Crippen molar-refractivity contribution in [3.63, 3.8) is 0 Å². The van der Waals surface area contributed by atoms with Gasteiger partial charge in [0.15, 0.2) is 6.10 Å². The van der Waals surface area contributed by atoms with Crippen LogP contribution in [-0.4, -0.2) is 37.2 Å². The second-order valence-electron chi connectivity index (χ2n) is 19.0. The summed E-state index contributed by atoms with van der Waals surface area (Å²) >= 11 is 0. The SMILES string of the molecule is CC\C=C/C=C\C=C/CCCCCCCCCC(=O)OCC(COC(=O)CCCCCCC\C=C/C=C\C=C/C=C\C=C/CCC)OC(=O)CCCCCCCCCCCCCCCCCCCC. The first kappa shape index (κ1) is 65.3. The first-order valence-corrected chi connectivity index (χ1v) is 28.8. The van der Waals surface area contributed by atoms with Gasteiger partial charge in [-0.2, -0.15) is 0 Å². The molecule has 0 aromatic carbocycles. The van der Waals surface area contributed by atoms with Gasteiger partial charge in [-0.15, -0.1) is 0 Å². The molecule has 0 aromatic heterocycles. The lowest BCUT2D eigenvalue weighted by Crippen LogP contribution is -2.30. The first-order valence-electron chi connectivity index (χ1n) is 28.8. The molecule has 1 unspecified atom stereocenters. The summed E-state index contributed by atoms with van der Waals surface area (Å²) < 4.78 is 16.9. The fraction of sp³-hybridized carbons (Fsp3) is 0.698. The zero-order chi connectivity index (χ0) is 50.0. The molecule has 0 aromatic rings. The topological polar surface area (TPSA) is 78.9 Å². The molecular formula is C63H106O6. The van der Waals surface area contributed by atoms with Gasteiger partial charge >= 0.3 is 17.9 Å². The summed E-state index contributed by atoms with van der Waals surface area (Å²) in [6.07, 6.45) is 75.3. The molecule has 0 saturated carbocycles. The van der Waals surface area contributed by atoms with Crippen LogP contribution in [0.3, 0.4) is 0 Å². The van der Waals surface area contributed by atoms with E-state index in [1.54, 1.807) is 0 Å². The lowest BCUT2D eigenvalue weighted by molar-refractivity contribution is -0.167. The molecule has 69 heavy (non-hydrogen) atoms. The minimum absolute atomic E-state index is 0.0913. The number of rotatable bonds is 51. The molecule has 0 fully saturated rings. The molecule has 0 amide bonds. The summed E-state index contributed by atoms with van der Waals surface area (Å²) in [6.45, 7) is 6.41. The molecule has 1 atom stereocenters. The maximum Gasteiger partial charge on any atom is 0.306 e. The smallest absolute Gasteiger partial charge is 0.306 e. The van der Waals surface area contributed by atoms with Crippen molar-refractivity contribution in [1.82, 2.24) is 0 Å². The van der Waals surface area contributed by atoms with E-state index in [-0.39, 0.29) is 31.1 Å². The quantitative estimate of drug-likeness (QED) is 0.0262. The Morgan fingerprint density at radius 1 is 0.304 bits per heavy atom. The molecule has 0 aliphatic heterocycles. The van der Waals surface area contributed by atoms with Crippen LogP contribution in [0.5, 0.6) is 0 Å². The Morgan fingerprint density at radius 3 is 0.942 bits per heavy atom. The van der Waals surface area contributed by atoms with Crippen LogP contribution < -0.4 is 0 Å². The number of unbranched alkanes of at least 4 members (excludes halogenated alkanes) is 30. The Kier molecular flexibility index (Phi) is 53.9. The third-order valence-electron chi connectivity index (χ3n) is 12.2. The molecule has 0 spiro atoms. The molecule has 6 nitrogen and oxygen atoms in total. The van der Waals surface area contributed by atoms with Gasteiger partial charge in [-0.25, -0.2) is 0 Å². The van der Waals surface area contributed by atoms with E-state index in [1.807, 2.05) is 24.3 Å². The van der Waals surface area contributed by atoms with Gasteiger partial charge in [0, 0.05) is 19.3 Å². The highest BCUT2D eigenvalue weighted by Gasteiger charge is 2.19. The minimum atomic E-state index is -0.793. The first-order chi connectivity index (χ1) is 34.0. The van der Waals surface area contributed by atoms with Gasteiger partial charge in [-0.3, -0.25) is 14.4 Å². The van der Waals surface area contributed by atoms with Crippen molar-refractivity contribution in [3.8, 4) is 0 Å². The van der Waals surface area contributed by atoms with E-state index in [4.69, 9.17) is 14.2 Å². The zero-order valence-corrected chi connectivity index (χ0v) is 45.0. The Bertz CT molecular complexity index is 1380. The van der Waals surface area contributed by atoms with E-state index in [0.717, 1.165) is 96.3 Å². The molecule has 0 radical (unpaired) electrons. The Hall–Kier alpha value is -3.67. The average molecular weight is 960 g/mol. The standard InChI is InChI=1S/C63H106O6/c1-4-7-10-13-16-19-22-25-28-30-32-35-38-41-44-47-50-53-56-62(65)68-59-60(58-67-61(64)55-52-49-46-43-40-37-34-27-24-21-18-15-12-9-6-3)69-63(66)57-54-51-48-45-42-39-36-33-31-29-26-23-20-17-14-11-8-5-2/h9-10,12-13,15-16,18-19,21-22,24-25,28,30,32,35,60H,4-8,11,14,17,20,23,26-27,29,31,33-34,36-59H2,1-3H3/b12-9-,13-10-,18-15-,19-16-,24-21-,25-22-,30-28-,35-32-. The second kappa shape index (κ2) is 56.9. The van der Waals surface area contributed by atoms with Crippen LogP contribution in [0.25, 0.3) is 0 Å². The van der Waals surface area contributed by atoms with E-state index in [2.05, 4.69) is 93.7 Å². The Morgan fingerprint density at radius 2 is 0.594 bits per heavy atom. The number of allylic oxidation sites excluding steroid dienone is 16. The van der Waals surface area contributed by atoms with Crippen LogP contribution >= 0.6 is 0 Å². The number of carbonyl (C=O) groups is 3. The van der Waals surface area contributed by atoms with E-state index in [9.17, 15) is 14.4 Å². The van der Waals surface area contributed by atoms with Gasteiger partial charge in [-0.1, -0.05) is 285 Å². The van der Waals surface area contributed by atoms with Gasteiger partial charge < -0.3 is 14.2 Å². The van der Waals surface area contributed by atoms with Gasteiger partial charge in [0.05, 0.1) is 0 Å². The summed E-state index contributed by atoms with van der Waals surface area (Å²) in [4.78, 5) is 38.2. The van der Waals surface area contributed by atoms with E-state index >= 15 is 0 Å². The Labute approximate surface area is 426 Å². The fourth-order valence-electron chi connectivity index (χ4n) is 7.94. The lowest BCUT2D eigenvalue weighted by atomic mass is 10.0. The van der Waals surface area contributed by atoms with Crippen LogP contribution in [0.4, 0.5) is 0 Å². The van der Waals surface area contributed by atoms with Crippen molar-refractivity contribution in [1.29, 1.82) is 0 Å². The zero-order valence-electron chi connectivity index (χ0n) is 45.0. The van der Waals surface area contributed by atoms with Crippen LogP contribution in [0.2, 0.25) is 0 Å². The third kappa shape index (κ3) is 55.1. The third-order valence-corrected chi connectivity index (χ3v) is 12.2. The van der Waals surface area contributed by atoms with E-state index < -0.39 is 6.10 Å². The predicted molar refractivity (Wildman–Crippen MR) is 297 cm³/mol.